The zero-order valence-corrected chi connectivity index (χ0v) is 16.5. The van der Waals surface area contributed by atoms with Gasteiger partial charge in [0.25, 0.3) is 5.91 Å². The quantitative estimate of drug-likeness (QED) is 0.733. The maximum Gasteiger partial charge on any atom is 0.419 e. The summed E-state index contributed by atoms with van der Waals surface area (Å²) in [4.78, 5) is 17.1. The largest absolute Gasteiger partial charge is 0.484 e. The molecule has 0 radical (unpaired) electrons. The summed E-state index contributed by atoms with van der Waals surface area (Å²) < 4.78 is 70.4. The molecule has 0 saturated carbocycles. The monoisotopic (exact) mass is 444 g/mol. The first-order valence-corrected chi connectivity index (χ1v) is 10.5. The van der Waals surface area contributed by atoms with Crippen LogP contribution in [-0.2, 0) is 27.4 Å². The summed E-state index contributed by atoms with van der Waals surface area (Å²) in [5.41, 5.74) is -0.640. The van der Waals surface area contributed by atoms with Gasteiger partial charge in [0.1, 0.15) is 5.75 Å². The predicted octanol–water partition coefficient (Wildman–Crippen LogP) is 2.05. The first-order chi connectivity index (χ1) is 14.1. The van der Waals surface area contributed by atoms with E-state index in [2.05, 4.69) is 4.98 Å². The Bertz CT molecular complexity index is 1010. The molecule has 1 N–H and O–H groups in total. The standard InChI is InChI=1S/C19H19F3N2O5S/c20-19(21,22)16-2-1-8-23-18(16)30(27,28)15-7-9-24(10-15)17(26)12-29-14-5-3-13(11-25)4-6-14/h1-6,8,15,25H,7,9-12H2. The number of amides is 1. The number of aliphatic hydroxyl groups is 1. The van der Waals surface area contributed by atoms with Crippen LogP contribution in [0.2, 0.25) is 0 Å². The SMILES string of the molecule is O=C(COc1ccc(CO)cc1)N1CCC(S(=O)(=O)c2ncccc2C(F)(F)F)C1. The van der Waals surface area contributed by atoms with Crippen molar-refractivity contribution in [1.29, 1.82) is 0 Å². The minimum atomic E-state index is -4.86. The van der Waals surface area contributed by atoms with Gasteiger partial charge in [-0.1, -0.05) is 12.1 Å². The molecule has 1 saturated heterocycles. The minimum absolute atomic E-state index is 0.00709. The number of ether oxygens (including phenoxy) is 1. The summed E-state index contributed by atoms with van der Waals surface area (Å²) in [6.45, 7) is -0.622. The summed E-state index contributed by atoms with van der Waals surface area (Å²) in [6.07, 6.45) is -3.85. The van der Waals surface area contributed by atoms with E-state index in [0.717, 1.165) is 12.3 Å². The van der Waals surface area contributed by atoms with E-state index in [1.54, 1.807) is 24.3 Å². The molecule has 1 aliphatic heterocycles. The fourth-order valence-corrected chi connectivity index (χ4v) is 4.93. The second-order valence-corrected chi connectivity index (χ2v) is 8.88. The molecule has 2 heterocycles. The molecule has 30 heavy (non-hydrogen) atoms. The van der Waals surface area contributed by atoms with E-state index in [9.17, 15) is 26.4 Å². The lowest BCUT2D eigenvalue weighted by atomic mass is 10.2. The molecule has 11 heteroatoms. The molecular formula is C19H19F3N2O5S. The van der Waals surface area contributed by atoms with Crippen LogP contribution < -0.4 is 4.74 Å². The van der Waals surface area contributed by atoms with Crippen molar-refractivity contribution in [3.05, 3.63) is 53.7 Å². The molecule has 0 aliphatic carbocycles. The highest BCUT2D eigenvalue weighted by atomic mass is 32.2. The highest BCUT2D eigenvalue weighted by Gasteiger charge is 2.43. The number of carbonyl (C=O) groups excluding carboxylic acids is 1. The van der Waals surface area contributed by atoms with E-state index in [4.69, 9.17) is 9.84 Å². The molecule has 1 aromatic carbocycles. The normalized spacial score (nSPS) is 17.2. The van der Waals surface area contributed by atoms with Crippen molar-refractivity contribution in [1.82, 2.24) is 9.88 Å². The average molecular weight is 444 g/mol. The highest BCUT2D eigenvalue weighted by molar-refractivity contribution is 7.92. The summed E-state index contributed by atoms with van der Waals surface area (Å²) in [7, 11) is -4.38. The van der Waals surface area contributed by atoms with E-state index >= 15 is 0 Å². The van der Waals surface area contributed by atoms with Crippen molar-refractivity contribution in [3.8, 4) is 5.75 Å². The van der Waals surface area contributed by atoms with Gasteiger partial charge in [0.05, 0.1) is 17.4 Å². The molecule has 1 aromatic heterocycles. The van der Waals surface area contributed by atoms with Crippen molar-refractivity contribution in [2.75, 3.05) is 19.7 Å². The van der Waals surface area contributed by atoms with Gasteiger partial charge >= 0.3 is 6.18 Å². The molecule has 7 nitrogen and oxygen atoms in total. The van der Waals surface area contributed by atoms with Gasteiger partial charge in [0.2, 0.25) is 9.84 Å². The molecular weight excluding hydrogens is 425 g/mol. The maximum absolute atomic E-state index is 13.2. The van der Waals surface area contributed by atoms with Crippen LogP contribution >= 0.6 is 0 Å². The number of hydrogen-bond donors (Lipinski definition) is 1. The zero-order valence-electron chi connectivity index (χ0n) is 15.7. The number of hydrogen-bond acceptors (Lipinski definition) is 6. The molecule has 1 aliphatic rings. The van der Waals surface area contributed by atoms with Crippen molar-refractivity contribution in [2.24, 2.45) is 0 Å². The van der Waals surface area contributed by atoms with Crippen LogP contribution in [0.5, 0.6) is 5.75 Å². The molecule has 1 amide bonds. The number of pyridine rings is 1. The van der Waals surface area contributed by atoms with Crippen molar-refractivity contribution >= 4 is 15.7 Å². The second kappa shape index (κ2) is 8.60. The third-order valence-electron chi connectivity index (χ3n) is 4.75. The Morgan fingerprint density at radius 3 is 2.57 bits per heavy atom. The summed E-state index contributed by atoms with van der Waals surface area (Å²) in [6, 6.07) is 8.11. The molecule has 3 rings (SSSR count). The zero-order chi connectivity index (χ0) is 21.9. The number of nitrogens with zero attached hydrogens (tertiary/aromatic N) is 2. The number of alkyl halides is 3. The van der Waals surface area contributed by atoms with Crippen LogP contribution in [0.15, 0.2) is 47.6 Å². The number of aromatic nitrogens is 1. The average Bonchev–Trinajstić information content (AvgIpc) is 3.23. The van der Waals surface area contributed by atoms with Crippen molar-refractivity contribution in [3.63, 3.8) is 0 Å². The molecule has 0 bridgehead atoms. The lowest BCUT2D eigenvalue weighted by molar-refractivity contribution is -0.140. The highest BCUT2D eigenvalue weighted by Crippen LogP contribution is 2.35. The number of likely N-dealkylation sites (tertiary alicyclic amines) is 1. The Labute approximate surface area is 171 Å². The Morgan fingerprint density at radius 1 is 1.23 bits per heavy atom. The molecule has 1 unspecified atom stereocenters. The first-order valence-electron chi connectivity index (χ1n) is 8.99. The minimum Gasteiger partial charge on any atom is -0.484 e. The lowest BCUT2D eigenvalue weighted by Crippen LogP contribution is -2.35. The summed E-state index contributed by atoms with van der Waals surface area (Å²) >= 11 is 0. The number of aliphatic hydroxyl groups excluding tert-OH is 1. The van der Waals surface area contributed by atoms with Crippen LogP contribution in [0, 0.1) is 0 Å². The van der Waals surface area contributed by atoms with E-state index in [0.29, 0.717) is 17.4 Å². The Hall–Kier alpha value is -2.66. The van der Waals surface area contributed by atoms with Crippen LogP contribution in [0.25, 0.3) is 0 Å². The fraction of sp³-hybridized carbons (Fsp3) is 0.368. The van der Waals surface area contributed by atoms with Gasteiger partial charge in [-0.05, 0) is 36.2 Å². The maximum atomic E-state index is 13.2. The number of halogens is 3. The van der Waals surface area contributed by atoms with Gasteiger partial charge in [-0.3, -0.25) is 4.79 Å². The van der Waals surface area contributed by atoms with E-state index in [-0.39, 0.29) is 32.7 Å². The number of rotatable bonds is 6. The van der Waals surface area contributed by atoms with Crippen LogP contribution in [0.4, 0.5) is 13.2 Å². The first kappa shape index (κ1) is 22.0. The second-order valence-electron chi connectivity index (χ2n) is 6.74. The van der Waals surface area contributed by atoms with E-state index in [1.165, 1.54) is 4.90 Å². The third kappa shape index (κ3) is 4.73. The summed E-state index contributed by atoms with van der Waals surface area (Å²) in [5, 5.41) is 6.81. The Balaban J connectivity index is 1.66. The van der Waals surface area contributed by atoms with E-state index in [1.807, 2.05) is 0 Å². The summed E-state index contributed by atoms with van der Waals surface area (Å²) in [5.74, 6) is -0.0803. The lowest BCUT2D eigenvalue weighted by Gasteiger charge is -2.18. The van der Waals surface area contributed by atoms with Gasteiger partial charge < -0.3 is 14.7 Å². The molecule has 2 aromatic rings. The molecule has 1 atom stereocenters. The third-order valence-corrected chi connectivity index (χ3v) is 6.88. The Kier molecular flexibility index (Phi) is 6.32. The van der Waals surface area contributed by atoms with Gasteiger partial charge in [-0.15, -0.1) is 0 Å². The molecule has 0 spiro atoms. The van der Waals surface area contributed by atoms with Crippen LogP contribution in [0.3, 0.4) is 0 Å². The number of carbonyl (C=O) groups is 1. The van der Waals surface area contributed by atoms with Crippen molar-refractivity contribution in [2.45, 2.75) is 29.5 Å². The fourth-order valence-electron chi connectivity index (χ4n) is 3.13. The Morgan fingerprint density at radius 2 is 1.93 bits per heavy atom. The molecule has 162 valence electrons. The van der Waals surface area contributed by atoms with Gasteiger partial charge in [0.15, 0.2) is 11.6 Å². The number of sulfone groups is 1. The van der Waals surface area contributed by atoms with Gasteiger partial charge in [-0.25, -0.2) is 13.4 Å². The van der Waals surface area contributed by atoms with Gasteiger partial charge in [-0.2, -0.15) is 13.2 Å². The topological polar surface area (TPSA) is 96.8 Å². The molecule has 1 fully saturated rings. The smallest absolute Gasteiger partial charge is 0.419 e. The van der Waals surface area contributed by atoms with E-state index < -0.39 is 37.8 Å². The van der Waals surface area contributed by atoms with Crippen LogP contribution in [0.1, 0.15) is 17.5 Å². The van der Waals surface area contributed by atoms with Crippen molar-refractivity contribution < 1.29 is 36.2 Å². The van der Waals surface area contributed by atoms with Crippen LogP contribution in [-0.4, -0.2) is 54.3 Å². The predicted molar refractivity (Wildman–Crippen MR) is 99.3 cm³/mol. The number of benzene rings is 1. The van der Waals surface area contributed by atoms with Gasteiger partial charge in [0, 0.05) is 19.3 Å².